The number of rotatable bonds is 6. The summed E-state index contributed by atoms with van der Waals surface area (Å²) in [6.07, 6.45) is 0.947. The second kappa shape index (κ2) is 8.49. The minimum absolute atomic E-state index is 0.00193. The van der Waals surface area contributed by atoms with E-state index in [-0.39, 0.29) is 23.7 Å². The van der Waals surface area contributed by atoms with Gasteiger partial charge in [-0.1, -0.05) is 6.07 Å². The molecule has 6 nitrogen and oxygen atoms in total. The Morgan fingerprint density at radius 1 is 1.27 bits per heavy atom. The van der Waals surface area contributed by atoms with Crippen LogP contribution in [0.25, 0.3) is 0 Å². The Morgan fingerprint density at radius 2 is 1.92 bits per heavy atom. The molecule has 1 aromatic rings. The summed E-state index contributed by atoms with van der Waals surface area (Å²) in [6.45, 7) is 5.14. The zero-order valence-electron chi connectivity index (χ0n) is 16.0. The van der Waals surface area contributed by atoms with Crippen LogP contribution in [0.3, 0.4) is 0 Å². The summed E-state index contributed by atoms with van der Waals surface area (Å²) in [4.78, 5) is 28.8. The van der Waals surface area contributed by atoms with Gasteiger partial charge in [-0.2, -0.15) is 0 Å². The molecule has 1 fully saturated rings. The summed E-state index contributed by atoms with van der Waals surface area (Å²) in [7, 11) is 3.71. The molecule has 2 rings (SSSR count). The van der Waals surface area contributed by atoms with Gasteiger partial charge in [-0.15, -0.1) is 0 Å². The van der Waals surface area contributed by atoms with Crippen molar-refractivity contribution >= 4 is 17.5 Å². The van der Waals surface area contributed by atoms with Crippen molar-refractivity contribution in [2.45, 2.75) is 38.3 Å². The summed E-state index contributed by atoms with van der Waals surface area (Å²) in [5.41, 5.74) is -0.288. The Balaban J connectivity index is 2.16. The fourth-order valence-corrected chi connectivity index (χ4v) is 3.16. The lowest BCUT2D eigenvalue weighted by Gasteiger charge is -2.42. The van der Waals surface area contributed by atoms with Crippen molar-refractivity contribution in [1.29, 1.82) is 0 Å². The second-order valence-corrected chi connectivity index (χ2v) is 7.46. The van der Waals surface area contributed by atoms with Gasteiger partial charge >= 0.3 is 0 Å². The Hall–Kier alpha value is -2.15. The monoisotopic (exact) mass is 364 g/mol. The molecule has 0 bridgehead atoms. The number of likely N-dealkylation sites (tertiary alicyclic amines) is 1. The number of piperidine rings is 1. The number of nitrogens with one attached hydrogen (secondary N) is 2. The van der Waals surface area contributed by atoms with Crippen molar-refractivity contribution < 1.29 is 14.0 Å². The molecular weight excluding hydrogens is 335 g/mol. The predicted molar refractivity (Wildman–Crippen MR) is 100 cm³/mol. The maximum Gasteiger partial charge on any atom is 0.246 e. The van der Waals surface area contributed by atoms with Gasteiger partial charge in [0.05, 0.1) is 6.54 Å². The smallest absolute Gasteiger partial charge is 0.246 e. The Kier molecular flexibility index (Phi) is 6.58. The lowest BCUT2D eigenvalue weighted by molar-refractivity contribution is -0.136. The molecule has 0 spiro atoms. The molecule has 144 valence electrons. The van der Waals surface area contributed by atoms with Crippen LogP contribution < -0.4 is 10.6 Å². The van der Waals surface area contributed by atoms with Crippen molar-refractivity contribution in [1.82, 2.24) is 15.1 Å². The van der Waals surface area contributed by atoms with Gasteiger partial charge in [-0.25, -0.2) is 4.39 Å². The van der Waals surface area contributed by atoms with E-state index in [4.69, 9.17) is 0 Å². The average molecular weight is 364 g/mol. The van der Waals surface area contributed by atoms with Gasteiger partial charge in [0.15, 0.2) is 0 Å². The van der Waals surface area contributed by atoms with Gasteiger partial charge in [0.2, 0.25) is 11.8 Å². The van der Waals surface area contributed by atoms with Crippen LogP contribution in [0.5, 0.6) is 0 Å². The summed E-state index contributed by atoms with van der Waals surface area (Å²) in [5.74, 6) is -0.414. The zero-order valence-corrected chi connectivity index (χ0v) is 16.0. The number of benzene rings is 1. The molecular formula is C19H29FN4O2. The first-order valence-corrected chi connectivity index (χ1v) is 8.99. The van der Waals surface area contributed by atoms with Crippen molar-refractivity contribution in [3.05, 3.63) is 30.1 Å². The van der Waals surface area contributed by atoms with E-state index >= 15 is 0 Å². The number of anilines is 1. The summed E-state index contributed by atoms with van der Waals surface area (Å²) in [5, 5.41) is 6.20. The maximum atomic E-state index is 13.5. The minimum atomic E-state index is -0.854. The first-order valence-electron chi connectivity index (χ1n) is 8.99. The second-order valence-electron chi connectivity index (χ2n) is 7.46. The van der Waals surface area contributed by atoms with Gasteiger partial charge in [-0.05, 0) is 59.0 Å². The van der Waals surface area contributed by atoms with Crippen molar-refractivity contribution in [3.63, 3.8) is 0 Å². The van der Waals surface area contributed by atoms with Crippen LogP contribution in [0.2, 0.25) is 0 Å². The van der Waals surface area contributed by atoms with E-state index in [0.29, 0.717) is 38.2 Å². The van der Waals surface area contributed by atoms with Gasteiger partial charge in [-0.3, -0.25) is 9.59 Å². The first-order chi connectivity index (χ1) is 12.2. The lowest BCUT2D eigenvalue weighted by atomic mass is 9.85. The standard InChI is InChI=1S/C19H29FN4O2/c1-14(2)21-18(26)19(22-16-7-5-6-15(20)12-16)8-10-24(11-9-19)17(25)13-23(3)4/h5-7,12,14,22H,8-11,13H2,1-4H3,(H,21,26). The molecule has 1 aliphatic rings. The summed E-state index contributed by atoms with van der Waals surface area (Å²) in [6, 6.07) is 6.11. The largest absolute Gasteiger partial charge is 0.371 e. The van der Waals surface area contributed by atoms with Crippen molar-refractivity contribution in [2.75, 3.05) is 39.0 Å². The van der Waals surface area contributed by atoms with E-state index in [0.717, 1.165) is 0 Å². The molecule has 7 heteroatoms. The zero-order chi connectivity index (χ0) is 19.3. The summed E-state index contributed by atoms with van der Waals surface area (Å²) >= 11 is 0. The van der Waals surface area contributed by atoms with E-state index in [1.165, 1.54) is 12.1 Å². The van der Waals surface area contributed by atoms with E-state index in [1.807, 2.05) is 32.8 Å². The van der Waals surface area contributed by atoms with Gasteiger partial charge < -0.3 is 20.4 Å². The van der Waals surface area contributed by atoms with Crippen LogP contribution in [0.4, 0.5) is 10.1 Å². The molecule has 2 amide bonds. The van der Waals surface area contributed by atoms with Gasteiger partial charge in [0.25, 0.3) is 0 Å². The molecule has 0 saturated carbocycles. The number of hydrogen-bond acceptors (Lipinski definition) is 4. The average Bonchev–Trinajstić information content (AvgIpc) is 2.54. The molecule has 0 aromatic heterocycles. The van der Waals surface area contributed by atoms with Crippen LogP contribution >= 0.6 is 0 Å². The fourth-order valence-electron chi connectivity index (χ4n) is 3.16. The molecule has 1 heterocycles. The number of carbonyl (C=O) groups is 2. The summed E-state index contributed by atoms with van der Waals surface area (Å²) < 4.78 is 13.5. The van der Waals surface area contributed by atoms with E-state index < -0.39 is 5.54 Å². The van der Waals surface area contributed by atoms with E-state index in [2.05, 4.69) is 10.6 Å². The Morgan fingerprint density at radius 3 is 2.46 bits per heavy atom. The quantitative estimate of drug-likeness (QED) is 0.806. The predicted octanol–water partition coefficient (Wildman–Crippen LogP) is 1.68. The highest BCUT2D eigenvalue weighted by molar-refractivity contribution is 5.90. The van der Waals surface area contributed by atoms with Crippen LogP contribution in [0, 0.1) is 5.82 Å². The van der Waals surface area contributed by atoms with Crippen LogP contribution in [0.15, 0.2) is 24.3 Å². The van der Waals surface area contributed by atoms with Gasteiger partial charge in [0, 0.05) is 24.8 Å². The third-order valence-corrected chi connectivity index (χ3v) is 4.48. The highest BCUT2D eigenvalue weighted by Crippen LogP contribution is 2.28. The highest BCUT2D eigenvalue weighted by atomic mass is 19.1. The molecule has 1 aliphatic heterocycles. The van der Waals surface area contributed by atoms with Crippen LogP contribution in [0.1, 0.15) is 26.7 Å². The lowest BCUT2D eigenvalue weighted by Crippen LogP contribution is -2.60. The Labute approximate surface area is 154 Å². The highest BCUT2D eigenvalue weighted by Gasteiger charge is 2.42. The number of nitrogens with zero attached hydrogens (tertiary/aromatic N) is 2. The van der Waals surface area contributed by atoms with Gasteiger partial charge in [0.1, 0.15) is 11.4 Å². The van der Waals surface area contributed by atoms with Crippen molar-refractivity contribution in [3.8, 4) is 0 Å². The minimum Gasteiger partial charge on any atom is -0.371 e. The van der Waals surface area contributed by atoms with Crippen LogP contribution in [-0.2, 0) is 9.59 Å². The SMILES string of the molecule is CC(C)NC(=O)C1(Nc2cccc(F)c2)CCN(C(=O)CN(C)C)CC1. The number of likely N-dealkylation sites (N-methyl/N-ethyl adjacent to an activating group) is 1. The van der Waals surface area contributed by atoms with E-state index in [1.54, 1.807) is 17.0 Å². The number of hydrogen-bond donors (Lipinski definition) is 2. The molecule has 0 unspecified atom stereocenters. The van der Waals surface area contributed by atoms with E-state index in [9.17, 15) is 14.0 Å². The topological polar surface area (TPSA) is 64.7 Å². The molecule has 1 saturated heterocycles. The van der Waals surface area contributed by atoms with Crippen LogP contribution in [-0.4, -0.2) is 66.9 Å². The molecule has 26 heavy (non-hydrogen) atoms. The van der Waals surface area contributed by atoms with Crippen molar-refractivity contribution in [2.24, 2.45) is 0 Å². The molecule has 1 aromatic carbocycles. The maximum absolute atomic E-state index is 13.5. The molecule has 0 atom stereocenters. The number of amides is 2. The number of carbonyl (C=O) groups excluding carboxylic acids is 2. The normalized spacial score (nSPS) is 16.7. The molecule has 2 N–H and O–H groups in total. The first kappa shape index (κ1) is 20.2. The number of halogens is 1. The third kappa shape index (κ3) is 5.17. The fraction of sp³-hybridized carbons (Fsp3) is 0.579. The molecule has 0 radical (unpaired) electrons. The third-order valence-electron chi connectivity index (χ3n) is 4.48. The Bertz CT molecular complexity index is 640. The molecule has 0 aliphatic carbocycles.